The van der Waals surface area contributed by atoms with E-state index in [0.717, 1.165) is 52.6 Å². The molecule has 0 aliphatic heterocycles. The number of hydrogen-bond acceptors (Lipinski definition) is 4. The number of amides is 1. The van der Waals surface area contributed by atoms with Gasteiger partial charge in [-0.15, -0.1) is 0 Å². The Morgan fingerprint density at radius 1 is 1.09 bits per heavy atom. The molecule has 0 bridgehead atoms. The number of para-hydroxylation sites is 2. The molecule has 3 aromatic rings. The second kappa shape index (κ2) is 11.7. The molecule has 0 aliphatic rings. The van der Waals surface area contributed by atoms with Crippen LogP contribution in [0.4, 0.5) is 0 Å². The minimum absolute atomic E-state index is 0.00912. The number of nitrogens with zero attached hydrogens (tertiary/aromatic N) is 2. The van der Waals surface area contributed by atoms with Gasteiger partial charge in [0.15, 0.2) is 11.5 Å². The normalized spacial score (nSPS) is 10.8. The van der Waals surface area contributed by atoms with Gasteiger partial charge in [-0.2, -0.15) is 0 Å². The highest BCUT2D eigenvalue weighted by atomic mass is 79.9. The van der Waals surface area contributed by atoms with Crippen LogP contribution in [0.3, 0.4) is 0 Å². The van der Waals surface area contributed by atoms with Crippen LogP contribution in [0.25, 0.3) is 11.0 Å². The van der Waals surface area contributed by atoms with Gasteiger partial charge < -0.3 is 19.4 Å². The van der Waals surface area contributed by atoms with Crippen LogP contribution in [0.5, 0.6) is 11.5 Å². The number of imidazole rings is 1. The molecule has 0 saturated carbocycles. The Balaban J connectivity index is 1.42. The summed E-state index contributed by atoms with van der Waals surface area (Å²) in [5.41, 5.74) is 3.04. The summed E-state index contributed by atoms with van der Waals surface area (Å²) in [5, 5.41) is 3.01. The molecule has 170 valence electrons. The molecule has 1 heterocycles. The number of aromatic nitrogens is 2. The molecule has 7 heteroatoms. The molecule has 0 unspecified atom stereocenters. The van der Waals surface area contributed by atoms with Crippen molar-refractivity contribution in [3.05, 3.63) is 64.9 Å². The van der Waals surface area contributed by atoms with Gasteiger partial charge in [0, 0.05) is 17.4 Å². The highest BCUT2D eigenvalue weighted by Gasteiger charge is 2.11. The van der Waals surface area contributed by atoms with Crippen molar-refractivity contribution in [2.24, 2.45) is 0 Å². The first-order chi connectivity index (χ1) is 15.5. The number of carbonyl (C=O) groups is 1. The number of benzene rings is 2. The van der Waals surface area contributed by atoms with E-state index in [0.29, 0.717) is 31.0 Å². The first-order valence-corrected chi connectivity index (χ1v) is 11.6. The lowest BCUT2D eigenvalue weighted by molar-refractivity contribution is -0.120. The molecule has 0 saturated heterocycles. The van der Waals surface area contributed by atoms with Gasteiger partial charge in [0.1, 0.15) is 5.82 Å². The zero-order valence-electron chi connectivity index (χ0n) is 18.7. The lowest BCUT2D eigenvalue weighted by Crippen LogP contribution is -2.26. The molecule has 0 atom stereocenters. The third-order valence-electron chi connectivity index (χ3n) is 5.28. The topological polar surface area (TPSA) is 65.4 Å². The Hall–Kier alpha value is -2.80. The van der Waals surface area contributed by atoms with E-state index < -0.39 is 0 Å². The van der Waals surface area contributed by atoms with Gasteiger partial charge in [-0.05, 0) is 42.7 Å². The SMILES string of the molecule is C=C(Br)Cn1c(CCCCCNC(=O)Cc2ccc(OC)c(OC)c2)nc2ccccc21. The Labute approximate surface area is 197 Å². The fraction of sp³-hybridized carbons (Fsp3) is 0.360. The maximum absolute atomic E-state index is 12.3. The van der Waals surface area contributed by atoms with E-state index in [2.05, 4.69) is 38.5 Å². The predicted octanol–water partition coefficient (Wildman–Crippen LogP) is 5.03. The highest BCUT2D eigenvalue weighted by Crippen LogP contribution is 2.27. The van der Waals surface area contributed by atoms with Crippen LogP contribution in [0.2, 0.25) is 0 Å². The number of hydrogen-bond donors (Lipinski definition) is 1. The van der Waals surface area contributed by atoms with Gasteiger partial charge in [-0.25, -0.2) is 4.98 Å². The minimum Gasteiger partial charge on any atom is -0.493 e. The molecule has 32 heavy (non-hydrogen) atoms. The van der Waals surface area contributed by atoms with Crippen molar-refractivity contribution >= 4 is 32.9 Å². The Morgan fingerprint density at radius 2 is 1.88 bits per heavy atom. The number of ether oxygens (including phenoxy) is 2. The number of unbranched alkanes of at least 4 members (excludes halogenated alkanes) is 2. The molecule has 6 nitrogen and oxygen atoms in total. The third-order valence-corrected chi connectivity index (χ3v) is 5.53. The maximum atomic E-state index is 12.3. The number of fused-ring (bicyclic) bond motifs is 1. The van der Waals surface area contributed by atoms with Gasteiger partial charge in [-0.1, -0.05) is 47.1 Å². The molecular formula is C25H30BrN3O3. The number of aryl methyl sites for hydroxylation is 1. The molecule has 0 aliphatic carbocycles. The summed E-state index contributed by atoms with van der Waals surface area (Å²) in [6.45, 7) is 5.36. The van der Waals surface area contributed by atoms with Crippen molar-refractivity contribution in [2.75, 3.05) is 20.8 Å². The Bertz CT molecular complexity index is 1080. The fourth-order valence-corrected chi connectivity index (χ4v) is 3.97. The Morgan fingerprint density at radius 3 is 2.62 bits per heavy atom. The van der Waals surface area contributed by atoms with E-state index >= 15 is 0 Å². The van der Waals surface area contributed by atoms with E-state index in [4.69, 9.17) is 14.5 Å². The lowest BCUT2D eigenvalue weighted by atomic mass is 10.1. The summed E-state index contributed by atoms with van der Waals surface area (Å²) in [7, 11) is 3.19. The summed E-state index contributed by atoms with van der Waals surface area (Å²) in [4.78, 5) is 17.1. The smallest absolute Gasteiger partial charge is 0.224 e. The van der Waals surface area contributed by atoms with Crippen LogP contribution >= 0.6 is 15.9 Å². The third kappa shape index (κ3) is 6.36. The predicted molar refractivity (Wildman–Crippen MR) is 132 cm³/mol. The summed E-state index contributed by atoms with van der Waals surface area (Å²) in [5.74, 6) is 2.37. The van der Waals surface area contributed by atoms with Gasteiger partial charge >= 0.3 is 0 Å². The monoisotopic (exact) mass is 499 g/mol. The number of methoxy groups -OCH3 is 2. The van der Waals surface area contributed by atoms with E-state index in [9.17, 15) is 4.79 Å². The molecule has 1 amide bonds. The fourth-order valence-electron chi connectivity index (χ4n) is 3.72. The Kier molecular flexibility index (Phi) is 8.73. The number of nitrogens with one attached hydrogen (secondary N) is 1. The van der Waals surface area contributed by atoms with Gasteiger partial charge in [-0.3, -0.25) is 4.79 Å². The second-order valence-corrected chi connectivity index (χ2v) is 8.77. The number of carbonyl (C=O) groups excluding carboxylic acids is 1. The molecule has 1 aromatic heterocycles. The average Bonchev–Trinajstić information content (AvgIpc) is 3.12. The van der Waals surface area contributed by atoms with E-state index in [1.165, 1.54) is 0 Å². The zero-order chi connectivity index (χ0) is 22.9. The van der Waals surface area contributed by atoms with Crippen molar-refractivity contribution in [3.63, 3.8) is 0 Å². The van der Waals surface area contributed by atoms with Crippen molar-refractivity contribution in [1.82, 2.24) is 14.9 Å². The second-order valence-electron chi connectivity index (χ2n) is 7.65. The van der Waals surface area contributed by atoms with Crippen molar-refractivity contribution in [2.45, 2.75) is 38.6 Å². The maximum Gasteiger partial charge on any atom is 0.224 e. The van der Waals surface area contributed by atoms with Gasteiger partial charge in [0.2, 0.25) is 5.91 Å². The molecule has 3 rings (SSSR count). The summed E-state index contributed by atoms with van der Waals surface area (Å²) >= 11 is 3.47. The largest absolute Gasteiger partial charge is 0.493 e. The van der Waals surface area contributed by atoms with E-state index in [-0.39, 0.29) is 5.91 Å². The quantitative estimate of drug-likeness (QED) is 0.354. The van der Waals surface area contributed by atoms with Crippen LogP contribution in [-0.2, 0) is 24.2 Å². The zero-order valence-corrected chi connectivity index (χ0v) is 20.3. The van der Waals surface area contributed by atoms with E-state index in [1.807, 2.05) is 36.4 Å². The summed E-state index contributed by atoms with van der Waals surface area (Å²) < 4.78 is 13.7. The van der Waals surface area contributed by atoms with E-state index in [1.54, 1.807) is 14.2 Å². The number of allylic oxidation sites excluding steroid dienone is 1. The molecule has 1 N–H and O–H groups in total. The van der Waals surface area contributed by atoms with Crippen LogP contribution in [0, 0.1) is 0 Å². The van der Waals surface area contributed by atoms with Crippen LogP contribution in [0.1, 0.15) is 30.7 Å². The van der Waals surface area contributed by atoms with Crippen LogP contribution in [0.15, 0.2) is 53.5 Å². The average molecular weight is 500 g/mol. The van der Waals surface area contributed by atoms with Gasteiger partial charge in [0.05, 0.1) is 38.2 Å². The lowest BCUT2D eigenvalue weighted by Gasteiger charge is -2.10. The molecule has 2 aromatic carbocycles. The van der Waals surface area contributed by atoms with Crippen molar-refractivity contribution < 1.29 is 14.3 Å². The molecular weight excluding hydrogens is 470 g/mol. The minimum atomic E-state index is 0.00912. The molecule has 0 fully saturated rings. The molecule has 0 radical (unpaired) electrons. The highest BCUT2D eigenvalue weighted by molar-refractivity contribution is 9.11. The first-order valence-electron chi connectivity index (χ1n) is 10.8. The van der Waals surface area contributed by atoms with Gasteiger partial charge in [0.25, 0.3) is 0 Å². The van der Waals surface area contributed by atoms with Crippen LogP contribution in [-0.4, -0.2) is 36.2 Å². The van der Waals surface area contributed by atoms with Crippen LogP contribution < -0.4 is 14.8 Å². The first kappa shape index (κ1) is 23.9. The standard InChI is InChI=1S/C25H30BrN3O3/c1-18(26)17-29-21-10-7-6-9-20(21)28-24(29)11-5-4-8-14-27-25(30)16-19-12-13-22(31-2)23(15-19)32-3/h6-7,9-10,12-13,15H,1,4-5,8,11,14,16-17H2,2-3H3,(H,27,30). The van der Waals surface area contributed by atoms with Crippen molar-refractivity contribution in [3.8, 4) is 11.5 Å². The van der Waals surface area contributed by atoms with Crippen molar-refractivity contribution in [1.29, 1.82) is 0 Å². The summed E-state index contributed by atoms with van der Waals surface area (Å²) in [6.07, 6.45) is 4.19. The molecule has 0 spiro atoms. The number of rotatable bonds is 12. The number of halogens is 1. The summed E-state index contributed by atoms with van der Waals surface area (Å²) in [6, 6.07) is 13.7.